The Morgan fingerprint density at radius 2 is 1.57 bits per heavy atom. The van der Waals surface area contributed by atoms with Crippen LogP contribution in [0.3, 0.4) is 0 Å². The molecule has 0 spiro atoms. The Hall–Kier alpha value is 1.11. The Morgan fingerprint density at radius 3 is 1.57 bits per heavy atom. The minimum absolute atomic E-state index is 0. The summed E-state index contributed by atoms with van der Waals surface area (Å²) < 4.78 is -0.802. The molecule has 0 aliphatic rings. The Labute approximate surface area is 76.0 Å². The third kappa shape index (κ3) is 7.11. The van der Waals surface area contributed by atoms with Gasteiger partial charge < -0.3 is 0 Å². The molecular formula is C2BrClNaO2. The van der Waals surface area contributed by atoms with Crippen molar-refractivity contribution in [3.05, 3.63) is 0 Å². The molecule has 0 fully saturated rings. The molecule has 0 N–H and O–H groups in total. The summed E-state index contributed by atoms with van der Waals surface area (Å²) in [5.74, 6) is 0. The molecule has 7 heavy (non-hydrogen) atoms. The number of halogens is 2. The van der Waals surface area contributed by atoms with Crippen molar-refractivity contribution in [3.63, 3.8) is 0 Å². The predicted molar refractivity (Wildman–Crippen MR) is 30.5 cm³/mol. The Bertz CT molecular complexity index is 81.7. The molecule has 0 unspecified atom stereocenters. The van der Waals surface area contributed by atoms with Crippen LogP contribution in [0.25, 0.3) is 0 Å². The summed E-state index contributed by atoms with van der Waals surface area (Å²) in [5.41, 5.74) is 0. The standard InChI is InChI=1S/C2BrClO2.Na/c3-1(5)2(4)6;. The second-order valence-electron chi connectivity index (χ2n) is 0.547. The monoisotopic (exact) mass is 193 g/mol. The number of carbonyl (C=O) groups is 2. The summed E-state index contributed by atoms with van der Waals surface area (Å²) in [4.78, 5) is 19.1. The van der Waals surface area contributed by atoms with Crippen molar-refractivity contribution in [2.45, 2.75) is 0 Å². The number of hydrogen-bond donors (Lipinski definition) is 0. The van der Waals surface area contributed by atoms with Gasteiger partial charge >= 0.3 is 0 Å². The zero-order chi connectivity index (χ0) is 5.15. The molecule has 0 saturated carbocycles. The van der Waals surface area contributed by atoms with Crippen molar-refractivity contribution in [2.75, 3.05) is 0 Å². The Kier molecular flexibility index (Phi) is 8.24. The fraction of sp³-hybridized carbons (Fsp3) is 0. The molecule has 0 heterocycles. The van der Waals surface area contributed by atoms with Gasteiger partial charge in [0.2, 0.25) is 0 Å². The molecule has 5 heteroatoms. The van der Waals surface area contributed by atoms with Gasteiger partial charge in [0.05, 0.1) is 0 Å². The molecule has 0 aromatic rings. The van der Waals surface area contributed by atoms with E-state index in [4.69, 9.17) is 0 Å². The molecule has 0 amide bonds. The van der Waals surface area contributed by atoms with E-state index in [1.807, 2.05) is 0 Å². The topological polar surface area (TPSA) is 34.1 Å². The molecule has 0 saturated heterocycles. The van der Waals surface area contributed by atoms with Crippen LogP contribution < -0.4 is 0 Å². The Balaban J connectivity index is 0. The summed E-state index contributed by atoms with van der Waals surface area (Å²) in [5, 5.41) is -0.991. The molecule has 0 aromatic heterocycles. The van der Waals surface area contributed by atoms with E-state index in [-0.39, 0.29) is 29.6 Å². The molecular weight excluding hydrogens is 194 g/mol. The largest absolute Gasteiger partial charge is 0.299 e. The molecule has 2 nitrogen and oxygen atoms in total. The number of hydrogen-bond acceptors (Lipinski definition) is 2. The quantitative estimate of drug-likeness (QED) is 0.342. The van der Waals surface area contributed by atoms with Gasteiger partial charge in [0.15, 0.2) is 0 Å². The third-order valence-corrected chi connectivity index (χ3v) is 0.915. The second kappa shape index (κ2) is 5.25. The van der Waals surface area contributed by atoms with Crippen LogP contribution in [0.5, 0.6) is 0 Å². The summed E-state index contributed by atoms with van der Waals surface area (Å²) in [6, 6.07) is 0. The van der Waals surface area contributed by atoms with Crippen LogP contribution >= 0.6 is 27.5 Å². The normalized spacial score (nSPS) is 6.57. The van der Waals surface area contributed by atoms with E-state index in [0.717, 1.165) is 0 Å². The molecule has 1 radical (unpaired) electrons. The smallest absolute Gasteiger partial charge is 0.276 e. The first kappa shape index (κ1) is 11.0. The first-order valence-corrected chi connectivity index (χ1v) is 2.21. The van der Waals surface area contributed by atoms with Gasteiger partial charge in [0.25, 0.3) is 9.93 Å². The van der Waals surface area contributed by atoms with Crippen LogP contribution in [0, 0.1) is 0 Å². The zero-order valence-electron chi connectivity index (χ0n) is 3.57. The fourth-order valence-corrected chi connectivity index (χ4v) is 0. The third-order valence-electron chi connectivity index (χ3n) is 0.155. The van der Waals surface area contributed by atoms with Gasteiger partial charge in [-0.3, -0.25) is 9.59 Å². The van der Waals surface area contributed by atoms with Crippen molar-refractivity contribution < 1.29 is 9.59 Å². The summed E-state index contributed by atoms with van der Waals surface area (Å²) in [6.45, 7) is 0. The molecule has 35 valence electrons. The minimum Gasteiger partial charge on any atom is -0.276 e. The van der Waals surface area contributed by atoms with Crippen molar-refractivity contribution in [1.29, 1.82) is 0 Å². The van der Waals surface area contributed by atoms with Gasteiger partial charge in [-0.1, -0.05) is 0 Å². The molecule has 0 rings (SSSR count). The predicted octanol–water partition coefficient (Wildman–Crippen LogP) is 0.292. The van der Waals surface area contributed by atoms with Gasteiger partial charge in [-0.25, -0.2) is 0 Å². The van der Waals surface area contributed by atoms with Gasteiger partial charge in [-0.2, -0.15) is 0 Å². The number of carbonyl (C=O) groups excluding carboxylic acids is 2. The molecule has 0 atom stereocenters. The number of rotatable bonds is 1. The maximum Gasteiger partial charge on any atom is 0.299 e. The van der Waals surface area contributed by atoms with Gasteiger partial charge in [0.1, 0.15) is 0 Å². The summed E-state index contributed by atoms with van der Waals surface area (Å²) in [6.07, 6.45) is 0. The van der Waals surface area contributed by atoms with Crippen molar-refractivity contribution >= 4 is 67.0 Å². The molecule has 0 aromatic carbocycles. The fourth-order valence-electron chi connectivity index (χ4n) is 0. The molecule has 0 bridgehead atoms. The first-order valence-electron chi connectivity index (χ1n) is 1.04. The van der Waals surface area contributed by atoms with E-state index in [1.54, 1.807) is 0 Å². The second-order valence-corrected chi connectivity index (χ2v) is 1.61. The summed E-state index contributed by atoms with van der Waals surface area (Å²) >= 11 is 6.90. The van der Waals surface area contributed by atoms with Crippen LogP contribution in [-0.4, -0.2) is 39.5 Å². The maximum absolute atomic E-state index is 9.58. The maximum atomic E-state index is 9.58. The van der Waals surface area contributed by atoms with Crippen LogP contribution in [0.4, 0.5) is 0 Å². The van der Waals surface area contributed by atoms with Gasteiger partial charge in [-0.15, -0.1) is 0 Å². The van der Waals surface area contributed by atoms with E-state index in [2.05, 4.69) is 27.5 Å². The van der Waals surface area contributed by atoms with E-state index in [1.165, 1.54) is 0 Å². The van der Waals surface area contributed by atoms with E-state index in [9.17, 15) is 9.59 Å². The average molecular weight is 194 g/mol. The van der Waals surface area contributed by atoms with Gasteiger partial charge in [0, 0.05) is 45.5 Å². The van der Waals surface area contributed by atoms with E-state index in [0.29, 0.717) is 0 Å². The zero-order valence-corrected chi connectivity index (χ0v) is 7.91. The van der Waals surface area contributed by atoms with Crippen LogP contribution in [0.2, 0.25) is 0 Å². The van der Waals surface area contributed by atoms with Crippen molar-refractivity contribution in [2.24, 2.45) is 0 Å². The van der Waals surface area contributed by atoms with Crippen molar-refractivity contribution in [3.8, 4) is 0 Å². The first-order chi connectivity index (χ1) is 2.64. The van der Waals surface area contributed by atoms with Gasteiger partial charge in [-0.05, 0) is 11.6 Å². The van der Waals surface area contributed by atoms with Crippen LogP contribution in [0.1, 0.15) is 0 Å². The van der Waals surface area contributed by atoms with Crippen LogP contribution in [-0.2, 0) is 9.59 Å². The summed E-state index contributed by atoms with van der Waals surface area (Å²) in [7, 11) is 0. The van der Waals surface area contributed by atoms with Crippen molar-refractivity contribution in [1.82, 2.24) is 0 Å². The molecule has 0 aliphatic carbocycles. The SMILES string of the molecule is O=C(Cl)C(=O)Br.[Na]. The minimum atomic E-state index is -0.991. The molecule has 0 aliphatic heterocycles. The average Bonchev–Trinajstić information content (AvgIpc) is 1.36. The van der Waals surface area contributed by atoms with E-state index >= 15 is 0 Å². The Morgan fingerprint density at radius 1 is 1.43 bits per heavy atom. The van der Waals surface area contributed by atoms with Crippen LogP contribution in [0.15, 0.2) is 0 Å². The van der Waals surface area contributed by atoms with E-state index < -0.39 is 9.93 Å².